The van der Waals surface area contributed by atoms with Gasteiger partial charge in [-0.1, -0.05) is 41.9 Å². The maximum absolute atomic E-state index is 13.0. The number of carbonyl (C=O) groups is 1. The van der Waals surface area contributed by atoms with E-state index in [9.17, 15) is 13.2 Å². The van der Waals surface area contributed by atoms with Gasteiger partial charge < -0.3 is 15.2 Å². The highest BCUT2D eigenvalue weighted by Crippen LogP contribution is 2.27. The van der Waals surface area contributed by atoms with E-state index in [2.05, 4.69) is 10.0 Å². The van der Waals surface area contributed by atoms with Gasteiger partial charge in [-0.25, -0.2) is 8.42 Å². The van der Waals surface area contributed by atoms with Crippen molar-refractivity contribution in [2.45, 2.75) is 24.3 Å². The number of carbonyl (C=O) groups excluding carboxylic acids is 1. The molecule has 0 fully saturated rings. The van der Waals surface area contributed by atoms with Gasteiger partial charge in [-0.2, -0.15) is 4.72 Å². The summed E-state index contributed by atoms with van der Waals surface area (Å²) in [6, 6.07) is 12.2. The number of benzene rings is 2. The minimum atomic E-state index is -4.11. The second-order valence-corrected chi connectivity index (χ2v) is 8.02. The molecule has 9 heteroatoms. The topological polar surface area (TPSA) is 105 Å². The van der Waals surface area contributed by atoms with Crippen molar-refractivity contribution in [3.63, 3.8) is 0 Å². The molecule has 0 bridgehead atoms. The van der Waals surface area contributed by atoms with Gasteiger partial charge >= 0.3 is 0 Å². The van der Waals surface area contributed by atoms with Gasteiger partial charge in [0.15, 0.2) is 0 Å². The molecule has 28 heavy (non-hydrogen) atoms. The van der Waals surface area contributed by atoms with Crippen LogP contribution in [0.5, 0.6) is 5.75 Å². The number of halogens is 1. The lowest BCUT2D eigenvalue weighted by molar-refractivity contribution is -0.122. The molecular formula is C19H23ClN2O5S. The molecular weight excluding hydrogens is 404 g/mol. The second kappa shape index (κ2) is 10.4. The molecule has 2 aromatic rings. The number of hydrogen-bond donors (Lipinski definition) is 3. The average Bonchev–Trinajstić information content (AvgIpc) is 2.67. The van der Waals surface area contributed by atoms with Crippen molar-refractivity contribution in [3.05, 3.63) is 59.1 Å². The molecule has 0 aliphatic rings. The van der Waals surface area contributed by atoms with Crippen molar-refractivity contribution >= 4 is 27.5 Å². The van der Waals surface area contributed by atoms with Crippen LogP contribution in [-0.2, 0) is 21.2 Å². The minimum absolute atomic E-state index is 0.0210. The normalized spacial score (nSPS) is 12.4. The molecule has 2 aromatic carbocycles. The highest BCUT2D eigenvalue weighted by Gasteiger charge is 2.28. The molecule has 0 spiro atoms. The molecule has 2 rings (SSSR count). The van der Waals surface area contributed by atoms with Crippen LogP contribution < -0.4 is 14.8 Å². The number of ether oxygens (including phenoxy) is 1. The second-order valence-electron chi connectivity index (χ2n) is 5.90. The van der Waals surface area contributed by atoms with Gasteiger partial charge in [-0.05, 0) is 37.1 Å². The van der Waals surface area contributed by atoms with E-state index < -0.39 is 22.0 Å². The third-order valence-corrected chi connectivity index (χ3v) is 5.53. The van der Waals surface area contributed by atoms with E-state index in [4.69, 9.17) is 21.4 Å². The lowest BCUT2D eigenvalue weighted by Crippen LogP contribution is -2.48. The smallest absolute Gasteiger partial charge is 0.245 e. The van der Waals surface area contributed by atoms with E-state index in [-0.39, 0.29) is 41.8 Å². The molecule has 1 atom stereocenters. The summed E-state index contributed by atoms with van der Waals surface area (Å²) in [5.74, 6) is -0.393. The number of nitrogens with one attached hydrogen (secondary N) is 2. The summed E-state index contributed by atoms with van der Waals surface area (Å²) in [5, 5.41) is 11.7. The monoisotopic (exact) mass is 426 g/mol. The van der Waals surface area contributed by atoms with Crippen molar-refractivity contribution in [1.29, 1.82) is 0 Å². The molecule has 1 unspecified atom stereocenters. The minimum Gasteiger partial charge on any atom is -0.492 e. The Hall–Kier alpha value is -2.13. The van der Waals surface area contributed by atoms with Crippen LogP contribution in [0.15, 0.2) is 53.4 Å². The molecule has 0 aromatic heterocycles. The number of aliphatic hydroxyl groups excluding tert-OH is 1. The van der Waals surface area contributed by atoms with E-state index >= 15 is 0 Å². The Balaban J connectivity index is 2.33. The summed E-state index contributed by atoms with van der Waals surface area (Å²) < 4.78 is 33.8. The zero-order valence-electron chi connectivity index (χ0n) is 15.4. The molecule has 0 heterocycles. The maximum atomic E-state index is 13.0. The van der Waals surface area contributed by atoms with Gasteiger partial charge in [0.1, 0.15) is 16.7 Å². The van der Waals surface area contributed by atoms with Gasteiger partial charge in [0.25, 0.3) is 0 Å². The first-order chi connectivity index (χ1) is 13.4. The van der Waals surface area contributed by atoms with Crippen LogP contribution in [0.2, 0.25) is 5.02 Å². The SMILES string of the molecule is CCOc1ccc(Cl)cc1S(=O)(=O)NC(Cc1ccccc1)C(=O)NCCO. The third-order valence-electron chi connectivity index (χ3n) is 3.80. The van der Waals surface area contributed by atoms with Crippen LogP contribution in [-0.4, -0.2) is 45.2 Å². The van der Waals surface area contributed by atoms with Gasteiger partial charge in [-0.3, -0.25) is 4.79 Å². The van der Waals surface area contributed by atoms with Crippen molar-refractivity contribution in [2.24, 2.45) is 0 Å². The summed E-state index contributed by atoms with van der Waals surface area (Å²) in [6.45, 7) is 1.78. The number of hydrogen-bond acceptors (Lipinski definition) is 5. The Kier molecular flexibility index (Phi) is 8.25. The number of sulfonamides is 1. The molecule has 0 saturated carbocycles. The first-order valence-corrected chi connectivity index (χ1v) is 10.6. The fourth-order valence-electron chi connectivity index (χ4n) is 2.56. The molecule has 152 valence electrons. The van der Waals surface area contributed by atoms with E-state index in [0.29, 0.717) is 0 Å². The van der Waals surface area contributed by atoms with Crippen molar-refractivity contribution < 1.29 is 23.1 Å². The van der Waals surface area contributed by atoms with Crippen molar-refractivity contribution in [3.8, 4) is 5.75 Å². The summed E-state index contributed by atoms with van der Waals surface area (Å²) in [5.41, 5.74) is 0.783. The zero-order chi connectivity index (χ0) is 20.6. The summed E-state index contributed by atoms with van der Waals surface area (Å²) >= 11 is 5.97. The van der Waals surface area contributed by atoms with Crippen LogP contribution in [0, 0.1) is 0 Å². The van der Waals surface area contributed by atoms with E-state index in [1.54, 1.807) is 31.2 Å². The Bertz CT molecular complexity index is 890. The van der Waals surface area contributed by atoms with Crippen LogP contribution in [0.25, 0.3) is 0 Å². The predicted molar refractivity (Wildman–Crippen MR) is 107 cm³/mol. The van der Waals surface area contributed by atoms with E-state index in [0.717, 1.165) is 5.56 Å². The third kappa shape index (κ3) is 6.20. The van der Waals surface area contributed by atoms with Gasteiger partial charge in [-0.15, -0.1) is 0 Å². The Labute approximate surface area is 169 Å². The van der Waals surface area contributed by atoms with Crippen molar-refractivity contribution in [2.75, 3.05) is 19.8 Å². The lowest BCUT2D eigenvalue weighted by atomic mass is 10.1. The Morgan fingerprint density at radius 2 is 1.93 bits per heavy atom. The molecule has 0 aliphatic heterocycles. The Morgan fingerprint density at radius 3 is 2.57 bits per heavy atom. The number of amides is 1. The van der Waals surface area contributed by atoms with Gasteiger partial charge in [0.2, 0.25) is 15.9 Å². The van der Waals surface area contributed by atoms with Crippen molar-refractivity contribution in [1.82, 2.24) is 10.0 Å². The molecule has 0 radical (unpaired) electrons. The summed E-state index contributed by atoms with van der Waals surface area (Å²) in [7, 11) is -4.11. The van der Waals surface area contributed by atoms with E-state index in [1.165, 1.54) is 18.2 Å². The van der Waals surface area contributed by atoms with Gasteiger partial charge in [0.05, 0.1) is 13.2 Å². The first kappa shape index (κ1) is 22.2. The highest BCUT2D eigenvalue weighted by atomic mass is 35.5. The first-order valence-electron chi connectivity index (χ1n) is 8.74. The summed E-state index contributed by atoms with van der Waals surface area (Å²) in [6.07, 6.45) is 0.141. The van der Waals surface area contributed by atoms with Crippen LogP contribution in [0.4, 0.5) is 0 Å². The zero-order valence-corrected chi connectivity index (χ0v) is 17.0. The molecule has 7 nitrogen and oxygen atoms in total. The largest absolute Gasteiger partial charge is 0.492 e. The molecule has 0 aliphatic carbocycles. The fraction of sp³-hybridized carbons (Fsp3) is 0.316. The lowest BCUT2D eigenvalue weighted by Gasteiger charge is -2.20. The average molecular weight is 427 g/mol. The standard InChI is InChI=1S/C19H23ClN2O5S/c1-2-27-17-9-8-15(20)13-18(17)28(25,26)22-16(19(24)21-10-11-23)12-14-6-4-3-5-7-14/h3-9,13,16,22-23H,2,10-12H2,1H3,(H,21,24). The number of aliphatic hydroxyl groups is 1. The van der Waals surface area contributed by atoms with Crippen LogP contribution in [0.1, 0.15) is 12.5 Å². The number of rotatable bonds is 10. The predicted octanol–water partition coefficient (Wildman–Crippen LogP) is 1.74. The van der Waals surface area contributed by atoms with Crippen LogP contribution >= 0.6 is 11.6 Å². The maximum Gasteiger partial charge on any atom is 0.245 e. The van der Waals surface area contributed by atoms with Crippen LogP contribution in [0.3, 0.4) is 0 Å². The van der Waals surface area contributed by atoms with Gasteiger partial charge in [0, 0.05) is 11.6 Å². The van der Waals surface area contributed by atoms with E-state index in [1.807, 2.05) is 6.07 Å². The molecule has 1 amide bonds. The summed E-state index contributed by atoms with van der Waals surface area (Å²) in [4.78, 5) is 12.3. The Morgan fingerprint density at radius 1 is 1.21 bits per heavy atom. The fourth-order valence-corrected chi connectivity index (χ4v) is 4.16. The quantitative estimate of drug-likeness (QED) is 0.536. The molecule has 0 saturated heterocycles. The highest BCUT2D eigenvalue weighted by molar-refractivity contribution is 7.89. The molecule has 3 N–H and O–H groups in total.